The molecule has 7 nitrogen and oxygen atoms in total. The number of nitrogens with zero attached hydrogens (tertiary/aromatic N) is 2. The molecule has 0 radical (unpaired) electrons. The Morgan fingerprint density at radius 2 is 1.59 bits per heavy atom. The maximum atomic E-state index is 14.7. The number of carboxylic acids is 1. The van der Waals surface area contributed by atoms with E-state index < -0.39 is 35.8 Å². The van der Waals surface area contributed by atoms with E-state index in [2.05, 4.69) is 10.1 Å². The number of nitrogens with one attached hydrogen (secondary N) is 1. The predicted molar refractivity (Wildman–Crippen MR) is 144 cm³/mol. The molecule has 0 saturated carbocycles. The van der Waals surface area contributed by atoms with Crippen molar-refractivity contribution in [2.45, 2.75) is 24.8 Å². The lowest BCUT2D eigenvalue weighted by Gasteiger charge is -2.25. The van der Waals surface area contributed by atoms with Crippen LogP contribution in [0.4, 0.5) is 8.78 Å². The molecule has 3 aromatic carbocycles. The van der Waals surface area contributed by atoms with Gasteiger partial charge in [0, 0.05) is 32.9 Å². The molecule has 2 N–H and O–H groups in total. The van der Waals surface area contributed by atoms with Crippen molar-refractivity contribution < 1.29 is 23.5 Å². The summed E-state index contributed by atoms with van der Waals surface area (Å²) in [5.74, 6) is -7.86. The predicted octanol–water partition coefficient (Wildman–Crippen LogP) is 6.29. The van der Waals surface area contributed by atoms with Crippen molar-refractivity contribution in [2.75, 3.05) is 0 Å². The third kappa shape index (κ3) is 5.15. The summed E-state index contributed by atoms with van der Waals surface area (Å²) in [4.78, 5) is 40.3. The molecule has 0 saturated heterocycles. The zero-order valence-corrected chi connectivity index (χ0v) is 21.5. The minimum Gasteiger partial charge on any atom is -0.481 e. The van der Waals surface area contributed by atoms with E-state index in [1.54, 1.807) is 60.7 Å². The molecular formula is C28H19Cl2F2N3O4. The summed E-state index contributed by atoms with van der Waals surface area (Å²) in [7, 11) is 0. The van der Waals surface area contributed by atoms with Gasteiger partial charge in [-0.15, -0.1) is 0 Å². The van der Waals surface area contributed by atoms with Crippen LogP contribution in [-0.4, -0.2) is 38.6 Å². The monoisotopic (exact) mass is 569 g/mol. The standard InChI is InChI=1S/C28H19Cl2F2N3O4/c29-17-9-5-15(6-10-17)22-13-21(34-35(22)27(39)28(31,32)14-23(36)37)25-24(16-7-11-18(30)12-8-16)19-3-1-2-4-20(19)33-26(25)38/h1-12,22H,13-14H2,(H,33,38)(H,36,37). The Bertz CT molecular complexity index is 1690. The molecule has 0 bridgehead atoms. The number of para-hydroxylation sites is 1. The number of amides is 1. The molecule has 39 heavy (non-hydrogen) atoms. The second kappa shape index (κ2) is 10.2. The number of benzene rings is 3. The number of hydrogen-bond acceptors (Lipinski definition) is 4. The SMILES string of the molecule is O=C(O)CC(F)(F)C(=O)N1N=C(c2c(-c3ccc(Cl)cc3)c3ccccc3[nH]c2=O)CC1c1ccc(Cl)cc1. The van der Waals surface area contributed by atoms with Crippen LogP contribution in [-0.2, 0) is 9.59 Å². The lowest BCUT2D eigenvalue weighted by atomic mass is 9.91. The first-order valence-electron chi connectivity index (χ1n) is 11.7. The molecule has 1 aromatic heterocycles. The normalized spacial score (nSPS) is 15.4. The minimum absolute atomic E-state index is 0.0848. The molecule has 0 fully saturated rings. The quantitative estimate of drug-likeness (QED) is 0.285. The molecule has 1 unspecified atom stereocenters. The summed E-state index contributed by atoms with van der Waals surface area (Å²) < 4.78 is 29.5. The summed E-state index contributed by atoms with van der Waals surface area (Å²) in [6.07, 6.45) is -1.79. The number of hydrogen-bond donors (Lipinski definition) is 2. The number of halogens is 4. The Kier molecular flexibility index (Phi) is 6.96. The number of aromatic nitrogens is 1. The van der Waals surface area contributed by atoms with Crippen LogP contribution in [0.2, 0.25) is 10.0 Å². The summed E-state index contributed by atoms with van der Waals surface area (Å²) in [5, 5.41) is 15.3. The van der Waals surface area contributed by atoms with E-state index in [0.717, 1.165) is 0 Å². The lowest BCUT2D eigenvalue weighted by molar-refractivity contribution is -0.167. The first kappa shape index (κ1) is 26.5. The third-order valence-electron chi connectivity index (χ3n) is 6.40. The third-order valence-corrected chi connectivity index (χ3v) is 6.91. The molecule has 2 heterocycles. The fraction of sp³-hybridized carbons (Fsp3) is 0.143. The summed E-state index contributed by atoms with van der Waals surface area (Å²) in [6, 6.07) is 19.0. The maximum absolute atomic E-state index is 14.7. The van der Waals surface area contributed by atoms with Gasteiger partial charge in [0.15, 0.2) is 0 Å². The molecule has 1 atom stereocenters. The molecule has 1 aliphatic heterocycles. The van der Waals surface area contributed by atoms with Crippen molar-refractivity contribution in [3.8, 4) is 11.1 Å². The Balaban J connectivity index is 1.72. The molecule has 198 valence electrons. The molecule has 1 aliphatic rings. The van der Waals surface area contributed by atoms with Crippen molar-refractivity contribution in [1.82, 2.24) is 9.99 Å². The van der Waals surface area contributed by atoms with Crippen LogP contribution in [0, 0.1) is 0 Å². The highest BCUT2D eigenvalue weighted by atomic mass is 35.5. The maximum Gasteiger partial charge on any atom is 0.337 e. The van der Waals surface area contributed by atoms with E-state index in [9.17, 15) is 23.2 Å². The van der Waals surface area contributed by atoms with Crippen molar-refractivity contribution in [3.63, 3.8) is 0 Å². The van der Waals surface area contributed by atoms with Gasteiger partial charge in [0.1, 0.15) is 6.42 Å². The fourth-order valence-electron chi connectivity index (χ4n) is 4.66. The van der Waals surface area contributed by atoms with Crippen LogP contribution in [0.25, 0.3) is 22.0 Å². The molecular weight excluding hydrogens is 551 g/mol. The highest BCUT2D eigenvalue weighted by Gasteiger charge is 2.49. The van der Waals surface area contributed by atoms with Crippen LogP contribution in [0.15, 0.2) is 82.7 Å². The number of carboxylic acid groups (broad SMARTS) is 1. The van der Waals surface area contributed by atoms with E-state index in [4.69, 9.17) is 28.3 Å². The van der Waals surface area contributed by atoms with E-state index in [1.807, 2.05) is 0 Å². The van der Waals surface area contributed by atoms with Crippen LogP contribution in [0.1, 0.15) is 30.0 Å². The topological polar surface area (TPSA) is 103 Å². The van der Waals surface area contributed by atoms with Gasteiger partial charge in [-0.25, -0.2) is 5.01 Å². The fourth-order valence-corrected chi connectivity index (χ4v) is 4.91. The van der Waals surface area contributed by atoms with Crippen molar-refractivity contribution >= 4 is 51.7 Å². The van der Waals surface area contributed by atoms with E-state index in [0.29, 0.717) is 42.6 Å². The molecule has 11 heteroatoms. The van der Waals surface area contributed by atoms with Gasteiger partial charge in [-0.3, -0.25) is 14.4 Å². The highest BCUT2D eigenvalue weighted by molar-refractivity contribution is 6.31. The summed E-state index contributed by atoms with van der Waals surface area (Å²) in [6.45, 7) is 0. The van der Waals surface area contributed by atoms with Gasteiger partial charge < -0.3 is 10.1 Å². The zero-order valence-electron chi connectivity index (χ0n) is 20.0. The van der Waals surface area contributed by atoms with Crippen LogP contribution in [0.5, 0.6) is 0 Å². The van der Waals surface area contributed by atoms with Crippen molar-refractivity contribution in [2.24, 2.45) is 5.10 Å². The Morgan fingerprint density at radius 1 is 0.974 bits per heavy atom. The van der Waals surface area contributed by atoms with Gasteiger partial charge in [0.05, 0.1) is 17.3 Å². The number of rotatable bonds is 6. The molecule has 1 amide bonds. The Morgan fingerprint density at radius 3 is 2.23 bits per heavy atom. The van der Waals surface area contributed by atoms with Crippen LogP contribution in [0.3, 0.4) is 0 Å². The smallest absolute Gasteiger partial charge is 0.337 e. The van der Waals surface area contributed by atoms with Gasteiger partial charge in [0.2, 0.25) is 0 Å². The average Bonchev–Trinajstić information content (AvgIpc) is 3.32. The number of alkyl halides is 2. The van der Waals surface area contributed by atoms with E-state index >= 15 is 0 Å². The van der Waals surface area contributed by atoms with E-state index in [1.165, 1.54) is 12.1 Å². The number of hydrazone groups is 1. The Hall–Kier alpha value is -4.08. The zero-order chi connectivity index (χ0) is 27.9. The van der Waals surface area contributed by atoms with Gasteiger partial charge >= 0.3 is 17.8 Å². The van der Waals surface area contributed by atoms with Crippen LogP contribution >= 0.6 is 23.2 Å². The number of H-pyrrole nitrogens is 1. The lowest BCUT2D eigenvalue weighted by Crippen LogP contribution is -2.42. The van der Waals surface area contributed by atoms with Crippen LogP contribution < -0.4 is 5.56 Å². The van der Waals surface area contributed by atoms with Gasteiger partial charge in [0.25, 0.3) is 5.56 Å². The molecule has 0 aliphatic carbocycles. The van der Waals surface area contributed by atoms with Crippen molar-refractivity contribution in [1.29, 1.82) is 0 Å². The highest BCUT2D eigenvalue weighted by Crippen LogP contribution is 2.39. The summed E-state index contributed by atoms with van der Waals surface area (Å²) >= 11 is 12.1. The van der Waals surface area contributed by atoms with Gasteiger partial charge in [-0.1, -0.05) is 65.7 Å². The molecule has 5 rings (SSSR count). The molecule has 0 spiro atoms. The minimum atomic E-state index is -4.23. The van der Waals surface area contributed by atoms with Gasteiger partial charge in [-0.05, 0) is 41.5 Å². The number of aliphatic carboxylic acids is 1. The number of aromatic amines is 1. The number of carbonyl (C=O) groups is 2. The van der Waals surface area contributed by atoms with E-state index in [-0.39, 0.29) is 17.7 Å². The summed E-state index contributed by atoms with van der Waals surface area (Å²) in [5.41, 5.74) is 1.76. The first-order valence-corrected chi connectivity index (χ1v) is 12.5. The largest absolute Gasteiger partial charge is 0.481 e. The molecule has 4 aromatic rings. The average molecular weight is 570 g/mol. The van der Waals surface area contributed by atoms with Crippen molar-refractivity contribution in [3.05, 3.63) is 104 Å². The second-order valence-electron chi connectivity index (χ2n) is 9.00. The number of pyridine rings is 1. The number of fused-ring (bicyclic) bond motifs is 1. The Labute approximate surface area is 230 Å². The van der Waals surface area contributed by atoms with Gasteiger partial charge in [-0.2, -0.15) is 13.9 Å². The number of carbonyl (C=O) groups excluding carboxylic acids is 1. The first-order chi connectivity index (χ1) is 18.5. The second-order valence-corrected chi connectivity index (χ2v) is 9.87.